The van der Waals surface area contributed by atoms with Gasteiger partial charge in [0.2, 0.25) is 5.91 Å². The van der Waals surface area contributed by atoms with Crippen molar-refractivity contribution in [2.75, 3.05) is 0 Å². The van der Waals surface area contributed by atoms with Gasteiger partial charge in [-0.25, -0.2) is 0 Å². The summed E-state index contributed by atoms with van der Waals surface area (Å²) in [4.78, 5) is 23.5. The minimum atomic E-state index is -0.482. The topological polar surface area (TPSA) is 72.1 Å². The summed E-state index contributed by atoms with van der Waals surface area (Å²) in [5.74, 6) is -0.0523. The summed E-state index contributed by atoms with van der Waals surface area (Å²) in [6.45, 7) is 6.80. The minimum Gasteiger partial charge on any atom is -0.330 e. The van der Waals surface area contributed by atoms with E-state index in [0.717, 1.165) is 29.2 Å². The van der Waals surface area contributed by atoms with Crippen molar-refractivity contribution in [1.29, 1.82) is 0 Å². The first-order chi connectivity index (χ1) is 11.5. The molecular formula is C19H26N4O. The average molecular weight is 326 g/mol. The zero-order valence-electron chi connectivity index (χ0n) is 14.7. The van der Waals surface area contributed by atoms with Crippen LogP contribution in [0.3, 0.4) is 0 Å². The maximum absolute atomic E-state index is 12.8. The van der Waals surface area contributed by atoms with Crippen molar-refractivity contribution in [2.45, 2.75) is 52.7 Å². The molecule has 0 spiro atoms. The fourth-order valence-corrected chi connectivity index (χ4v) is 2.65. The van der Waals surface area contributed by atoms with E-state index < -0.39 is 6.04 Å². The van der Waals surface area contributed by atoms with E-state index in [1.165, 1.54) is 0 Å². The Hall–Kier alpha value is -2.27. The predicted molar refractivity (Wildman–Crippen MR) is 95.1 cm³/mol. The number of carbonyl (C=O) groups excluding carboxylic acids is 1. The molecule has 24 heavy (non-hydrogen) atoms. The van der Waals surface area contributed by atoms with Gasteiger partial charge in [-0.05, 0) is 44.5 Å². The van der Waals surface area contributed by atoms with E-state index in [1.54, 1.807) is 4.90 Å². The molecule has 5 heteroatoms. The van der Waals surface area contributed by atoms with Gasteiger partial charge in [0.1, 0.15) is 0 Å². The monoisotopic (exact) mass is 326 g/mol. The van der Waals surface area contributed by atoms with Crippen LogP contribution in [0.15, 0.2) is 36.4 Å². The second-order valence-corrected chi connectivity index (χ2v) is 6.13. The lowest BCUT2D eigenvalue weighted by Gasteiger charge is -2.25. The Morgan fingerprint density at radius 2 is 1.54 bits per heavy atom. The molecule has 0 fully saturated rings. The largest absolute Gasteiger partial charge is 0.330 e. The molecule has 0 aliphatic heterocycles. The molecule has 0 radical (unpaired) electrons. The highest BCUT2D eigenvalue weighted by Crippen LogP contribution is 2.11. The molecule has 1 unspecified atom stereocenters. The molecule has 2 N–H and O–H groups in total. The van der Waals surface area contributed by atoms with Gasteiger partial charge in [-0.2, -0.15) is 0 Å². The molecule has 0 bridgehead atoms. The van der Waals surface area contributed by atoms with Crippen molar-refractivity contribution >= 4 is 5.91 Å². The van der Waals surface area contributed by atoms with Crippen molar-refractivity contribution in [3.05, 3.63) is 59.2 Å². The highest BCUT2D eigenvalue weighted by Gasteiger charge is 2.21. The molecule has 2 aromatic heterocycles. The maximum atomic E-state index is 12.8. The molecule has 2 aromatic rings. The summed E-state index contributed by atoms with van der Waals surface area (Å²) in [6, 6.07) is 11.2. The molecule has 1 atom stereocenters. The van der Waals surface area contributed by atoms with Gasteiger partial charge < -0.3 is 10.6 Å². The Bertz CT molecular complexity index is 639. The Morgan fingerprint density at radius 3 is 1.96 bits per heavy atom. The van der Waals surface area contributed by atoms with Crippen molar-refractivity contribution in [2.24, 2.45) is 5.73 Å². The molecule has 0 saturated heterocycles. The van der Waals surface area contributed by atoms with Crippen LogP contribution < -0.4 is 5.73 Å². The van der Waals surface area contributed by atoms with E-state index in [9.17, 15) is 4.79 Å². The van der Waals surface area contributed by atoms with Gasteiger partial charge in [0, 0.05) is 11.4 Å². The molecule has 0 aliphatic rings. The van der Waals surface area contributed by atoms with Crippen LogP contribution in [0.2, 0.25) is 0 Å². The highest BCUT2D eigenvalue weighted by molar-refractivity contribution is 5.81. The summed E-state index contributed by atoms with van der Waals surface area (Å²) < 4.78 is 0. The summed E-state index contributed by atoms with van der Waals surface area (Å²) >= 11 is 0. The molecule has 0 saturated carbocycles. The Labute approximate surface area is 143 Å². The summed E-state index contributed by atoms with van der Waals surface area (Å²) in [5, 5.41) is 0. The number of aryl methyl sites for hydroxylation is 2. The molecule has 1 amide bonds. The molecule has 128 valence electrons. The second-order valence-electron chi connectivity index (χ2n) is 6.13. The number of nitrogens with zero attached hydrogens (tertiary/aromatic N) is 3. The number of rotatable bonds is 7. The van der Waals surface area contributed by atoms with Crippen molar-refractivity contribution < 1.29 is 4.79 Å². The highest BCUT2D eigenvalue weighted by atomic mass is 16.2. The van der Waals surface area contributed by atoms with E-state index in [0.29, 0.717) is 19.5 Å². The lowest BCUT2D eigenvalue weighted by atomic mass is 10.1. The number of pyridine rings is 2. The van der Waals surface area contributed by atoms with Crippen LogP contribution in [0.4, 0.5) is 0 Å². The van der Waals surface area contributed by atoms with Gasteiger partial charge in [0.25, 0.3) is 0 Å². The lowest BCUT2D eigenvalue weighted by Crippen LogP contribution is -2.43. The van der Waals surface area contributed by atoms with Gasteiger partial charge in [0.05, 0.1) is 30.5 Å². The van der Waals surface area contributed by atoms with E-state index >= 15 is 0 Å². The van der Waals surface area contributed by atoms with Gasteiger partial charge in [-0.1, -0.05) is 25.5 Å². The molecular weight excluding hydrogens is 300 g/mol. The van der Waals surface area contributed by atoms with Crippen LogP contribution in [0, 0.1) is 13.8 Å². The second kappa shape index (κ2) is 8.55. The zero-order valence-corrected chi connectivity index (χ0v) is 14.7. The summed E-state index contributed by atoms with van der Waals surface area (Å²) in [5.41, 5.74) is 9.66. The first-order valence-electron chi connectivity index (χ1n) is 8.39. The lowest BCUT2D eigenvalue weighted by molar-refractivity contribution is -0.134. The third-order valence-electron chi connectivity index (χ3n) is 3.83. The third-order valence-corrected chi connectivity index (χ3v) is 3.83. The van der Waals surface area contributed by atoms with Crippen molar-refractivity contribution in [3.63, 3.8) is 0 Å². The molecule has 2 rings (SSSR count). The van der Waals surface area contributed by atoms with Gasteiger partial charge >= 0.3 is 0 Å². The van der Waals surface area contributed by atoms with E-state index in [4.69, 9.17) is 5.73 Å². The normalized spacial score (nSPS) is 12.0. The number of hydrogen-bond acceptors (Lipinski definition) is 4. The molecule has 0 aliphatic carbocycles. The van der Waals surface area contributed by atoms with E-state index in [-0.39, 0.29) is 5.91 Å². The number of hydrogen-bond donors (Lipinski definition) is 1. The molecule has 2 heterocycles. The van der Waals surface area contributed by atoms with Crippen molar-refractivity contribution in [1.82, 2.24) is 14.9 Å². The Morgan fingerprint density at radius 1 is 1.04 bits per heavy atom. The predicted octanol–water partition coefficient (Wildman–Crippen LogP) is 2.75. The van der Waals surface area contributed by atoms with Crippen LogP contribution in [0.1, 0.15) is 42.5 Å². The number of carbonyl (C=O) groups is 1. The fourth-order valence-electron chi connectivity index (χ4n) is 2.65. The molecule has 0 aromatic carbocycles. The van der Waals surface area contributed by atoms with Crippen LogP contribution in [-0.2, 0) is 17.9 Å². The first kappa shape index (κ1) is 18.1. The molecule has 5 nitrogen and oxygen atoms in total. The number of amides is 1. The van der Waals surface area contributed by atoms with Gasteiger partial charge in [-0.3, -0.25) is 14.8 Å². The number of aromatic nitrogens is 2. The zero-order chi connectivity index (χ0) is 17.5. The van der Waals surface area contributed by atoms with Gasteiger partial charge in [0.15, 0.2) is 0 Å². The maximum Gasteiger partial charge on any atom is 0.240 e. The smallest absolute Gasteiger partial charge is 0.240 e. The van der Waals surface area contributed by atoms with Crippen LogP contribution in [0.25, 0.3) is 0 Å². The van der Waals surface area contributed by atoms with E-state index in [2.05, 4.69) is 9.97 Å². The van der Waals surface area contributed by atoms with Crippen LogP contribution in [0.5, 0.6) is 0 Å². The van der Waals surface area contributed by atoms with E-state index in [1.807, 2.05) is 57.2 Å². The summed E-state index contributed by atoms with van der Waals surface area (Å²) in [6.07, 6.45) is 1.56. The minimum absolute atomic E-state index is 0.0523. The van der Waals surface area contributed by atoms with Crippen LogP contribution >= 0.6 is 0 Å². The fraction of sp³-hybridized carbons (Fsp3) is 0.421. The SMILES string of the molecule is CCCC(N)C(=O)N(Cc1cccc(C)n1)Cc1cccc(C)n1. The van der Waals surface area contributed by atoms with Gasteiger partial charge in [-0.15, -0.1) is 0 Å². The first-order valence-corrected chi connectivity index (χ1v) is 8.39. The Balaban J connectivity index is 2.21. The Kier molecular flexibility index (Phi) is 6.44. The standard InChI is InChI=1S/C19H26N4O/c1-4-7-18(20)19(24)23(12-16-10-5-8-14(2)21-16)13-17-11-6-9-15(3)22-17/h5-6,8-11,18H,4,7,12-13,20H2,1-3H3. The third kappa shape index (κ3) is 5.13. The number of nitrogens with two attached hydrogens (primary N) is 1. The van der Waals surface area contributed by atoms with Crippen LogP contribution in [-0.4, -0.2) is 26.8 Å². The summed E-state index contributed by atoms with van der Waals surface area (Å²) in [7, 11) is 0. The van der Waals surface area contributed by atoms with Crippen molar-refractivity contribution in [3.8, 4) is 0 Å². The average Bonchev–Trinajstić information content (AvgIpc) is 2.54. The quantitative estimate of drug-likeness (QED) is 0.849.